The highest BCUT2D eigenvalue weighted by atomic mass is 19.3. The molecule has 0 aromatic carbocycles. The van der Waals surface area contributed by atoms with E-state index in [-0.39, 0.29) is 0 Å². The van der Waals surface area contributed by atoms with E-state index in [9.17, 15) is 13.2 Å². The highest BCUT2D eigenvalue weighted by Gasteiger charge is 2.60. The molecule has 2 atom stereocenters. The Morgan fingerprint density at radius 1 is 1.42 bits per heavy atom. The van der Waals surface area contributed by atoms with Crippen molar-refractivity contribution in [3.63, 3.8) is 0 Å². The minimum Gasteiger partial charge on any atom is -0.363 e. The Balaban J connectivity index is 2.92. The van der Waals surface area contributed by atoms with Crippen LogP contribution in [0.4, 0.5) is 13.2 Å². The molecule has 0 radical (unpaired) electrons. The molecular formula is C7H11F3O2. The summed E-state index contributed by atoms with van der Waals surface area (Å²) in [6, 6.07) is 0. The van der Waals surface area contributed by atoms with Gasteiger partial charge >= 0.3 is 5.92 Å². The van der Waals surface area contributed by atoms with Crippen molar-refractivity contribution in [3.05, 3.63) is 0 Å². The average molecular weight is 184 g/mol. The zero-order chi connectivity index (χ0) is 9.57. The lowest BCUT2D eigenvalue weighted by molar-refractivity contribution is -0.324. The van der Waals surface area contributed by atoms with Crippen LogP contribution >= 0.6 is 0 Å². The molecule has 0 saturated carbocycles. The van der Waals surface area contributed by atoms with Crippen molar-refractivity contribution in [3.8, 4) is 0 Å². The van der Waals surface area contributed by atoms with Crippen LogP contribution in [0, 0.1) is 5.41 Å². The van der Waals surface area contributed by atoms with E-state index < -0.39 is 30.4 Å². The Labute approximate surface area is 68.3 Å². The summed E-state index contributed by atoms with van der Waals surface area (Å²) < 4.78 is 43.1. The van der Waals surface area contributed by atoms with Gasteiger partial charge in [0.05, 0.1) is 12.0 Å². The molecule has 1 rings (SSSR count). The van der Waals surface area contributed by atoms with Gasteiger partial charge < -0.3 is 9.84 Å². The van der Waals surface area contributed by atoms with E-state index in [2.05, 4.69) is 4.74 Å². The summed E-state index contributed by atoms with van der Waals surface area (Å²) in [5.74, 6) is -3.54. The van der Waals surface area contributed by atoms with Crippen molar-refractivity contribution < 1.29 is 23.0 Å². The molecule has 12 heavy (non-hydrogen) atoms. The average Bonchev–Trinajstić information content (AvgIpc) is 1.96. The van der Waals surface area contributed by atoms with Crippen molar-refractivity contribution in [2.24, 2.45) is 5.41 Å². The topological polar surface area (TPSA) is 29.5 Å². The van der Waals surface area contributed by atoms with Crippen molar-refractivity contribution >= 4 is 0 Å². The van der Waals surface area contributed by atoms with E-state index >= 15 is 0 Å². The second-order valence-corrected chi connectivity index (χ2v) is 3.50. The first-order chi connectivity index (χ1) is 5.30. The smallest absolute Gasteiger partial charge is 0.305 e. The van der Waals surface area contributed by atoms with E-state index in [4.69, 9.17) is 5.11 Å². The van der Waals surface area contributed by atoms with Crippen LogP contribution in [0.5, 0.6) is 0 Å². The van der Waals surface area contributed by atoms with Gasteiger partial charge in [-0.25, -0.2) is 13.2 Å². The van der Waals surface area contributed by atoms with Gasteiger partial charge in [0.2, 0.25) is 6.29 Å². The van der Waals surface area contributed by atoms with Gasteiger partial charge in [0.1, 0.15) is 6.17 Å². The fraction of sp³-hybridized carbons (Fsp3) is 1.00. The highest BCUT2D eigenvalue weighted by Crippen LogP contribution is 2.46. The summed E-state index contributed by atoms with van der Waals surface area (Å²) in [7, 11) is 0. The van der Waals surface area contributed by atoms with E-state index in [1.807, 2.05) is 0 Å². The second kappa shape index (κ2) is 2.60. The lowest BCUT2D eigenvalue weighted by Crippen LogP contribution is -2.58. The largest absolute Gasteiger partial charge is 0.363 e. The second-order valence-electron chi connectivity index (χ2n) is 3.50. The predicted molar refractivity (Wildman–Crippen MR) is 35.6 cm³/mol. The lowest BCUT2D eigenvalue weighted by Gasteiger charge is -2.43. The molecule has 0 amide bonds. The van der Waals surface area contributed by atoms with E-state index in [1.54, 1.807) is 0 Å². The minimum absolute atomic E-state index is 0.482. The molecule has 1 heterocycles. The third-order valence-electron chi connectivity index (χ3n) is 2.35. The van der Waals surface area contributed by atoms with Gasteiger partial charge in [-0.1, -0.05) is 13.8 Å². The summed E-state index contributed by atoms with van der Waals surface area (Å²) in [6.45, 7) is 1.66. The molecule has 1 saturated heterocycles. The molecule has 2 unspecified atom stereocenters. The number of ether oxygens (including phenoxy) is 1. The van der Waals surface area contributed by atoms with Crippen LogP contribution in [0.15, 0.2) is 0 Å². The number of alkyl halides is 3. The maximum absolute atomic E-state index is 13.0. The Kier molecular flexibility index (Phi) is 2.12. The number of hydrogen-bond acceptors (Lipinski definition) is 2. The van der Waals surface area contributed by atoms with E-state index in [0.717, 1.165) is 13.8 Å². The number of aliphatic hydroxyl groups excluding tert-OH is 1. The SMILES string of the molecule is CC1(C)C(F)COC(O)C1(F)F. The molecule has 72 valence electrons. The summed E-state index contributed by atoms with van der Waals surface area (Å²) in [5, 5.41) is 8.75. The van der Waals surface area contributed by atoms with Gasteiger partial charge in [0.15, 0.2) is 0 Å². The van der Waals surface area contributed by atoms with Crippen LogP contribution in [-0.4, -0.2) is 30.1 Å². The van der Waals surface area contributed by atoms with Crippen LogP contribution in [0.25, 0.3) is 0 Å². The third kappa shape index (κ3) is 1.11. The molecule has 1 fully saturated rings. The zero-order valence-electron chi connectivity index (χ0n) is 6.85. The van der Waals surface area contributed by atoms with E-state index in [0.29, 0.717) is 0 Å². The standard InChI is InChI=1S/C7H11F3O2/c1-6(2)4(8)3-12-5(11)7(6,9)10/h4-5,11H,3H2,1-2H3. The summed E-state index contributed by atoms with van der Waals surface area (Å²) in [5.41, 5.74) is -1.87. The maximum Gasteiger partial charge on any atom is 0.305 e. The highest BCUT2D eigenvalue weighted by molar-refractivity contribution is 4.96. The molecule has 0 aromatic heterocycles. The Bertz CT molecular complexity index is 161. The van der Waals surface area contributed by atoms with E-state index in [1.165, 1.54) is 0 Å². The molecule has 1 aliphatic rings. The molecule has 0 bridgehead atoms. The van der Waals surface area contributed by atoms with Crippen molar-refractivity contribution in [1.82, 2.24) is 0 Å². The first-order valence-corrected chi connectivity index (χ1v) is 3.61. The van der Waals surface area contributed by atoms with Gasteiger partial charge in [-0.3, -0.25) is 0 Å². The Hall–Kier alpha value is -0.290. The van der Waals surface area contributed by atoms with Gasteiger partial charge in [0.25, 0.3) is 0 Å². The van der Waals surface area contributed by atoms with Gasteiger partial charge in [-0.05, 0) is 0 Å². The lowest BCUT2D eigenvalue weighted by atomic mass is 9.79. The summed E-state index contributed by atoms with van der Waals surface area (Å²) >= 11 is 0. The molecule has 0 aromatic rings. The summed E-state index contributed by atoms with van der Waals surface area (Å²) in [6.07, 6.45) is -3.95. The zero-order valence-corrected chi connectivity index (χ0v) is 6.85. The third-order valence-corrected chi connectivity index (χ3v) is 2.35. The number of aliphatic hydroxyl groups is 1. The first-order valence-electron chi connectivity index (χ1n) is 3.61. The van der Waals surface area contributed by atoms with Crippen molar-refractivity contribution in [2.45, 2.75) is 32.2 Å². The van der Waals surface area contributed by atoms with Crippen LogP contribution in [0.2, 0.25) is 0 Å². The van der Waals surface area contributed by atoms with Crippen LogP contribution in [0.1, 0.15) is 13.8 Å². The molecular weight excluding hydrogens is 173 g/mol. The van der Waals surface area contributed by atoms with Crippen LogP contribution < -0.4 is 0 Å². The summed E-state index contributed by atoms with van der Waals surface area (Å²) in [4.78, 5) is 0. The molecule has 0 spiro atoms. The molecule has 2 nitrogen and oxygen atoms in total. The first kappa shape index (κ1) is 9.80. The van der Waals surface area contributed by atoms with Gasteiger partial charge in [-0.15, -0.1) is 0 Å². The quantitative estimate of drug-likeness (QED) is 0.615. The Morgan fingerprint density at radius 3 is 2.33 bits per heavy atom. The normalized spacial score (nSPS) is 39.5. The maximum atomic E-state index is 13.0. The monoisotopic (exact) mass is 184 g/mol. The molecule has 1 N–H and O–H groups in total. The molecule has 1 aliphatic heterocycles. The fourth-order valence-electron chi connectivity index (χ4n) is 1.02. The van der Waals surface area contributed by atoms with Crippen molar-refractivity contribution in [1.29, 1.82) is 0 Å². The Morgan fingerprint density at radius 2 is 1.92 bits per heavy atom. The van der Waals surface area contributed by atoms with Crippen LogP contribution in [0.3, 0.4) is 0 Å². The number of halogens is 3. The molecule has 0 aliphatic carbocycles. The fourth-order valence-corrected chi connectivity index (χ4v) is 1.02. The van der Waals surface area contributed by atoms with Crippen molar-refractivity contribution in [2.75, 3.05) is 6.61 Å². The number of hydrogen-bond donors (Lipinski definition) is 1. The molecule has 5 heteroatoms. The predicted octanol–water partition coefficient (Wildman–Crippen LogP) is 1.33. The van der Waals surface area contributed by atoms with Gasteiger partial charge in [-0.2, -0.15) is 0 Å². The number of rotatable bonds is 0. The minimum atomic E-state index is -3.54. The van der Waals surface area contributed by atoms with Crippen LogP contribution in [-0.2, 0) is 4.74 Å². The van der Waals surface area contributed by atoms with Gasteiger partial charge in [0, 0.05) is 0 Å².